The van der Waals surface area contributed by atoms with E-state index in [2.05, 4.69) is 0 Å². The van der Waals surface area contributed by atoms with Crippen molar-refractivity contribution in [2.24, 2.45) is 0 Å². The Morgan fingerprint density at radius 1 is 0.795 bits per heavy atom. The molecule has 1 N–H and O–H groups in total. The number of hydrogen-bond acceptors (Lipinski definition) is 10. The normalized spacial score (nSPS) is 23.1. The standard InChI is InChI=1S/C28H28O10S/c1-18-13-15-21(16-14-18)39(32,33)38-23-22(17-29)35-28(34-2)25(37-27(31)20-11-7-4-8-12-20)24(23)36-26(30)19-9-5-3-6-10-19/h3-16,22-25,28-29H,17H2,1-2H3/t22-,23-,24+,25-,28+/m1/s1. The molecule has 5 atom stereocenters. The Bertz CT molecular complexity index is 1360. The van der Waals surface area contributed by atoms with Gasteiger partial charge in [0.15, 0.2) is 18.5 Å². The Kier molecular flexibility index (Phi) is 9.10. The molecule has 0 saturated carbocycles. The highest BCUT2D eigenvalue weighted by Crippen LogP contribution is 2.32. The van der Waals surface area contributed by atoms with Crippen molar-refractivity contribution >= 4 is 22.1 Å². The highest BCUT2D eigenvalue weighted by molar-refractivity contribution is 7.86. The average Bonchev–Trinajstić information content (AvgIpc) is 2.95. The van der Waals surface area contributed by atoms with Crippen LogP contribution < -0.4 is 0 Å². The molecule has 3 aromatic rings. The van der Waals surface area contributed by atoms with Gasteiger partial charge in [-0.1, -0.05) is 54.1 Å². The number of benzene rings is 3. The van der Waals surface area contributed by atoms with Crippen molar-refractivity contribution in [1.29, 1.82) is 0 Å². The summed E-state index contributed by atoms with van der Waals surface area (Å²) in [5, 5.41) is 10.1. The molecule has 0 radical (unpaired) electrons. The molecule has 11 heteroatoms. The van der Waals surface area contributed by atoms with Crippen molar-refractivity contribution in [1.82, 2.24) is 0 Å². The second-order valence-electron chi connectivity index (χ2n) is 8.76. The van der Waals surface area contributed by atoms with Gasteiger partial charge >= 0.3 is 11.9 Å². The maximum atomic E-state index is 13.2. The number of carbonyl (C=O) groups excluding carboxylic acids is 2. The van der Waals surface area contributed by atoms with Gasteiger partial charge in [-0.15, -0.1) is 0 Å². The van der Waals surface area contributed by atoms with E-state index < -0.39 is 59.4 Å². The summed E-state index contributed by atoms with van der Waals surface area (Å²) in [6.45, 7) is 1.08. The Hall–Kier alpha value is -3.61. The van der Waals surface area contributed by atoms with Gasteiger partial charge < -0.3 is 24.1 Å². The van der Waals surface area contributed by atoms with E-state index in [1.165, 1.54) is 43.5 Å². The number of esters is 2. The molecule has 0 unspecified atom stereocenters. The number of methoxy groups -OCH3 is 1. The molecule has 1 aliphatic rings. The lowest BCUT2D eigenvalue weighted by Crippen LogP contribution is -2.62. The summed E-state index contributed by atoms with van der Waals surface area (Å²) in [4.78, 5) is 25.9. The van der Waals surface area contributed by atoms with Gasteiger partial charge in [0.05, 0.1) is 22.6 Å². The van der Waals surface area contributed by atoms with Crippen LogP contribution in [0.15, 0.2) is 89.8 Å². The molecule has 3 aromatic carbocycles. The van der Waals surface area contributed by atoms with Crippen LogP contribution >= 0.6 is 0 Å². The summed E-state index contributed by atoms with van der Waals surface area (Å²) in [7, 11) is -3.18. The molecule has 10 nitrogen and oxygen atoms in total. The third kappa shape index (κ3) is 6.70. The number of aryl methyl sites for hydroxylation is 1. The molecule has 0 aliphatic carbocycles. The van der Waals surface area contributed by atoms with Gasteiger partial charge in [-0.05, 0) is 43.3 Å². The number of rotatable bonds is 9. The smallest absolute Gasteiger partial charge is 0.338 e. The van der Waals surface area contributed by atoms with Gasteiger partial charge in [0, 0.05) is 7.11 Å². The van der Waals surface area contributed by atoms with E-state index in [1.54, 1.807) is 55.5 Å². The second-order valence-corrected chi connectivity index (χ2v) is 10.3. The van der Waals surface area contributed by atoms with Crippen molar-refractivity contribution in [3.05, 3.63) is 102 Å². The quantitative estimate of drug-likeness (QED) is 0.310. The predicted molar refractivity (Wildman–Crippen MR) is 137 cm³/mol. The summed E-state index contributed by atoms with van der Waals surface area (Å²) in [5.74, 6) is -1.63. The molecule has 0 amide bonds. The summed E-state index contributed by atoms with van der Waals surface area (Å²) in [6, 6.07) is 21.9. The minimum absolute atomic E-state index is 0.159. The SMILES string of the molecule is CO[C@H]1O[C@H](CO)[C@@H](OS(=O)(=O)c2ccc(C)cc2)[C@H](OC(=O)c2ccccc2)[C@H]1OC(=O)c1ccccc1. The van der Waals surface area contributed by atoms with Gasteiger partial charge in [0.25, 0.3) is 10.1 Å². The molecule has 1 fully saturated rings. The van der Waals surface area contributed by atoms with Crippen LogP contribution in [0, 0.1) is 6.92 Å². The molecule has 4 rings (SSSR count). The Balaban J connectivity index is 1.73. The zero-order valence-corrected chi connectivity index (χ0v) is 22.0. The van der Waals surface area contributed by atoms with E-state index >= 15 is 0 Å². The van der Waals surface area contributed by atoms with Gasteiger partial charge in [0.1, 0.15) is 12.2 Å². The summed E-state index contributed by atoms with van der Waals surface area (Å²) in [6.07, 6.45) is -7.27. The molecule has 0 aromatic heterocycles. The van der Waals surface area contributed by atoms with Crippen molar-refractivity contribution in [3.63, 3.8) is 0 Å². The Morgan fingerprint density at radius 2 is 1.31 bits per heavy atom. The van der Waals surface area contributed by atoms with Crippen LogP contribution in [-0.2, 0) is 33.2 Å². The molecule has 0 bridgehead atoms. The van der Waals surface area contributed by atoms with Gasteiger partial charge in [-0.2, -0.15) is 8.42 Å². The molecule has 39 heavy (non-hydrogen) atoms. The molecule has 1 saturated heterocycles. The van der Waals surface area contributed by atoms with Crippen LogP contribution in [0.25, 0.3) is 0 Å². The van der Waals surface area contributed by atoms with E-state index in [0.717, 1.165) is 5.56 Å². The third-order valence-corrected chi connectivity index (χ3v) is 7.38. The van der Waals surface area contributed by atoms with Crippen molar-refractivity contribution in [2.75, 3.05) is 13.7 Å². The fourth-order valence-electron chi connectivity index (χ4n) is 4.03. The molecular formula is C28H28O10S. The maximum absolute atomic E-state index is 13.2. The molecule has 0 spiro atoms. The lowest BCUT2D eigenvalue weighted by molar-refractivity contribution is -0.288. The van der Waals surface area contributed by atoms with Gasteiger partial charge in [-0.3, -0.25) is 4.18 Å². The zero-order chi connectivity index (χ0) is 28.0. The largest absolute Gasteiger partial charge is 0.452 e. The van der Waals surface area contributed by atoms with Crippen LogP contribution in [-0.4, -0.2) is 69.9 Å². The highest BCUT2D eigenvalue weighted by atomic mass is 32.2. The summed E-state index contributed by atoms with van der Waals surface area (Å²) >= 11 is 0. The molecule has 1 aliphatic heterocycles. The summed E-state index contributed by atoms with van der Waals surface area (Å²) in [5.41, 5.74) is 1.18. The number of aliphatic hydroxyl groups is 1. The third-order valence-electron chi connectivity index (χ3n) is 6.06. The first kappa shape index (κ1) is 28.4. The minimum atomic E-state index is -4.44. The zero-order valence-electron chi connectivity index (χ0n) is 21.2. The lowest BCUT2D eigenvalue weighted by Gasteiger charge is -2.43. The van der Waals surface area contributed by atoms with Crippen LogP contribution in [0.3, 0.4) is 0 Å². The van der Waals surface area contributed by atoms with Crippen molar-refractivity contribution in [3.8, 4) is 0 Å². The number of carbonyl (C=O) groups is 2. The fourth-order valence-corrected chi connectivity index (χ4v) is 5.14. The number of aliphatic hydroxyl groups excluding tert-OH is 1. The predicted octanol–water partition coefficient (Wildman–Crippen LogP) is 2.88. The topological polar surface area (TPSA) is 135 Å². The lowest BCUT2D eigenvalue weighted by atomic mass is 9.98. The van der Waals surface area contributed by atoms with Crippen molar-refractivity contribution in [2.45, 2.75) is 42.5 Å². The van der Waals surface area contributed by atoms with E-state index in [-0.39, 0.29) is 16.0 Å². The first-order valence-corrected chi connectivity index (χ1v) is 13.5. The summed E-state index contributed by atoms with van der Waals surface area (Å²) < 4.78 is 54.5. The van der Waals surface area contributed by atoms with Crippen LogP contribution in [0.4, 0.5) is 0 Å². The monoisotopic (exact) mass is 556 g/mol. The van der Waals surface area contributed by atoms with E-state index in [1.807, 2.05) is 0 Å². The van der Waals surface area contributed by atoms with Crippen LogP contribution in [0.5, 0.6) is 0 Å². The average molecular weight is 557 g/mol. The van der Waals surface area contributed by atoms with Gasteiger partial charge in [-0.25, -0.2) is 9.59 Å². The van der Waals surface area contributed by atoms with Crippen LogP contribution in [0.2, 0.25) is 0 Å². The Labute approximate surface area is 226 Å². The first-order valence-electron chi connectivity index (χ1n) is 12.0. The minimum Gasteiger partial charge on any atom is -0.452 e. The second kappa shape index (κ2) is 12.5. The highest BCUT2D eigenvalue weighted by Gasteiger charge is 2.53. The van der Waals surface area contributed by atoms with E-state index in [4.69, 9.17) is 23.1 Å². The fraction of sp³-hybridized carbons (Fsp3) is 0.286. The maximum Gasteiger partial charge on any atom is 0.338 e. The molecular weight excluding hydrogens is 528 g/mol. The number of ether oxygens (including phenoxy) is 4. The van der Waals surface area contributed by atoms with Crippen molar-refractivity contribution < 1.29 is 46.2 Å². The van der Waals surface area contributed by atoms with E-state index in [0.29, 0.717) is 0 Å². The molecule has 1 heterocycles. The van der Waals surface area contributed by atoms with Crippen LogP contribution in [0.1, 0.15) is 26.3 Å². The van der Waals surface area contributed by atoms with Gasteiger partial charge in [0.2, 0.25) is 0 Å². The number of hydrogen-bond donors (Lipinski definition) is 1. The molecule has 206 valence electrons. The Morgan fingerprint density at radius 3 is 1.79 bits per heavy atom. The first-order chi connectivity index (χ1) is 18.7. The van der Waals surface area contributed by atoms with E-state index in [9.17, 15) is 23.1 Å².